The van der Waals surface area contributed by atoms with Crippen LogP contribution >= 0.6 is 11.3 Å². The molecule has 0 aliphatic rings. The standard InChI is InChI=1S/C7H5NO2S/c1-10-7(9)3-2-6-4-8-5-11-6/h4-5H,1H3. The van der Waals surface area contributed by atoms with E-state index in [0.29, 0.717) is 0 Å². The van der Waals surface area contributed by atoms with E-state index in [1.807, 2.05) is 0 Å². The van der Waals surface area contributed by atoms with Crippen LogP contribution in [-0.2, 0) is 9.53 Å². The largest absolute Gasteiger partial charge is 0.459 e. The predicted molar refractivity (Wildman–Crippen MR) is 41.0 cm³/mol. The smallest absolute Gasteiger partial charge is 0.384 e. The van der Waals surface area contributed by atoms with Crippen LogP contribution in [0.3, 0.4) is 0 Å². The van der Waals surface area contributed by atoms with Gasteiger partial charge in [0.25, 0.3) is 0 Å². The van der Waals surface area contributed by atoms with Gasteiger partial charge in [-0.1, -0.05) is 0 Å². The first-order chi connectivity index (χ1) is 5.33. The Hall–Kier alpha value is -1.34. The fourth-order valence-electron chi connectivity index (χ4n) is 0.441. The molecule has 0 saturated carbocycles. The predicted octanol–water partition coefficient (Wildman–Crippen LogP) is 0.668. The fraction of sp³-hybridized carbons (Fsp3) is 0.143. The zero-order chi connectivity index (χ0) is 8.10. The van der Waals surface area contributed by atoms with Crippen LogP contribution in [0.1, 0.15) is 4.88 Å². The highest BCUT2D eigenvalue weighted by molar-refractivity contribution is 7.10. The molecule has 0 aliphatic heterocycles. The summed E-state index contributed by atoms with van der Waals surface area (Å²) < 4.78 is 4.32. The Morgan fingerprint density at radius 1 is 1.82 bits per heavy atom. The first-order valence-corrected chi connectivity index (χ1v) is 3.69. The second kappa shape index (κ2) is 3.74. The molecule has 0 radical (unpaired) electrons. The van der Waals surface area contributed by atoms with Crippen LogP contribution in [0.15, 0.2) is 11.7 Å². The molecule has 1 aromatic rings. The van der Waals surface area contributed by atoms with Crippen LogP contribution in [0.25, 0.3) is 0 Å². The Balaban J connectivity index is 2.66. The number of carbonyl (C=O) groups is 1. The number of esters is 1. The van der Waals surface area contributed by atoms with E-state index in [1.54, 1.807) is 11.7 Å². The van der Waals surface area contributed by atoms with Gasteiger partial charge in [-0.3, -0.25) is 4.98 Å². The molecule has 0 amide bonds. The fourth-order valence-corrected chi connectivity index (χ4v) is 0.908. The van der Waals surface area contributed by atoms with Gasteiger partial charge in [0, 0.05) is 5.92 Å². The summed E-state index contributed by atoms with van der Waals surface area (Å²) in [5.41, 5.74) is 1.65. The number of methoxy groups -OCH3 is 1. The number of rotatable bonds is 0. The van der Waals surface area contributed by atoms with Crippen LogP contribution in [-0.4, -0.2) is 18.1 Å². The highest BCUT2D eigenvalue weighted by Gasteiger charge is 1.90. The molecular weight excluding hydrogens is 162 g/mol. The summed E-state index contributed by atoms with van der Waals surface area (Å²) in [5, 5.41) is 0. The molecule has 1 heterocycles. The summed E-state index contributed by atoms with van der Waals surface area (Å²) >= 11 is 1.38. The molecule has 0 bridgehead atoms. The summed E-state index contributed by atoms with van der Waals surface area (Å²) in [6, 6.07) is 0. The summed E-state index contributed by atoms with van der Waals surface area (Å²) in [6.45, 7) is 0. The molecular formula is C7H5NO2S. The van der Waals surface area contributed by atoms with Crippen molar-refractivity contribution in [2.24, 2.45) is 0 Å². The number of aromatic nitrogens is 1. The van der Waals surface area contributed by atoms with Crippen molar-refractivity contribution in [2.75, 3.05) is 7.11 Å². The number of hydrogen-bond donors (Lipinski definition) is 0. The summed E-state index contributed by atoms with van der Waals surface area (Å²) in [6.07, 6.45) is 1.60. The van der Waals surface area contributed by atoms with Crippen molar-refractivity contribution < 1.29 is 9.53 Å². The minimum Gasteiger partial charge on any atom is -0.459 e. The second-order valence-corrected chi connectivity index (χ2v) is 2.49. The average molecular weight is 167 g/mol. The van der Waals surface area contributed by atoms with Crippen molar-refractivity contribution in [2.45, 2.75) is 0 Å². The van der Waals surface area contributed by atoms with Crippen molar-refractivity contribution in [3.63, 3.8) is 0 Å². The monoisotopic (exact) mass is 167 g/mol. The van der Waals surface area contributed by atoms with Gasteiger partial charge in [-0.2, -0.15) is 0 Å². The molecule has 4 heteroatoms. The normalized spacial score (nSPS) is 8.09. The zero-order valence-corrected chi connectivity index (χ0v) is 6.64. The second-order valence-electron chi connectivity index (χ2n) is 1.61. The van der Waals surface area contributed by atoms with Crippen molar-refractivity contribution in [1.29, 1.82) is 0 Å². The summed E-state index contributed by atoms with van der Waals surface area (Å²) in [7, 11) is 1.30. The molecule has 1 aromatic heterocycles. The van der Waals surface area contributed by atoms with Crippen LogP contribution in [0.4, 0.5) is 0 Å². The summed E-state index contributed by atoms with van der Waals surface area (Å²) in [5.74, 6) is 4.37. The van der Waals surface area contributed by atoms with E-state index >= 15 is 0 Å². The number of carbonyl (C=O) groups excluding carboxylic acids is 1. The van der Waals surface area contributed by atoms with Gasteiger partial charge in [-0.05, 0) is 5.92 Å². The Bertz CT molecular complexity index is 294. The molecule has 0 saturated heterocycles. The lowest BCUT2D eigenvalue weighted by atomic mass is 10.5. The third-order valence-electron chi connectivity index (χ3n) is 0.905. The topological polar surface area (TPSA) is 39.2 Å². The van der Waals surface area contributed by atoms with Gasteiger partial charge in [0.2, 0.25) is 0 Å². The van der Waals surface area contributed by atoms with Gasteiger partial charge >= 0.3 is 5.97 Å². The first-order valence-electron chi connectivity index (χ1n) is 2.81. The maximum absolute atomic E-state index is 10.5. The minimum absolute atomic E-state index is 0.529. The Labute approximate surface area is 68.0 Å². The van der Waals surface area contributed by atoms with E-state index < -0.39 is 5.97 Å². The summed E-state index contributed by atoms with van der Waals surface area (Å²) in [4.78, 5) is 15.0. The number of nitrogens with zero attached hydrogens (tertiary/aromatic N) is 1. The molecule has 0 unspecified atom stereocenters. The van der Waals surface area contributed by atoms with Crippen molar-refractivity contribution in [3.05, 3.63) is 16.6 Å². The Kier molecular flexibility index (Phi) is 2.64. The van der Waals surface area contributed by atoms with Gasteiger partial charge in [0.15, 0.2) is 0 Å². The molecule has 0 aromatic carbocycles. The van der Waals surface area contributed by atoms with Crippen molar-refractivity contribution in [1.82, 2.24) is 4.98 Å². The van der Waals surface area contributed by atoms with Crippen LogP contribution in [0.5, 0.6) is 0 Å². The average Bonchev–Trinajstić information content (AvgIpc) is 2.52. The number of thiazole rings is 1. The van der Waals surface area contributed by atoms with Gasteiger partial charge in [0.05, 0.1) is 23.7 Å². The van der Waals surface area contributed by atoms with Gasteiger partial charge in [-0.15, -0.1) is 11.3 Å². The number of hydrogen-bond acceptors (Lipinski definition) is 4. The minimum atomic E-state index is -0.529. The van der Waals surface area contributed by atoms with E-state index in [0.717, 1.165) is 4.88 Å². The van der Waals surface area contributed by atoms with Gasteiger partial charge in [0.1, 0.15) is 0 Å². The highest BCUT2D eigenvalue weighted by atomic mass is 32.1. The highest BCUT2D eigenvalue weighted by Crippen LogP contribution is 2.01. The third-order valence-corrected chi connectivity index (χ3v) is 1.59. The number of ether oxygens (including phenoxy) is 1. The van der Waals surface area contributed by atoms with Crippen LogP contribution < -0.4 is 0 Å². The SMILES string of the molecule is COC(=O)C#Cc1cncs1. The third kappa shape index (κ3) is 2.40. The quantitative estimate of drug-likeness (QED) is 0.421. The molecule has 3 nitrogen and oxygen atoms in total. The molecule has 56 valence electrons. The lowest BCUT2D eigenvalue weighted by Crippen LogP contribution is -1.93. The van der Waals surface area contributed by atoms with Crippen molar-refractivity contribution >= 4 is 17.3 Å². The maximum atomic E-state index is 10.5. The van der Waals surface area contributed by atoms with E-state index in [-0.39, 0.29) is 0 Å². The molecule has 0 fully saturated rings. The Morgan fingerprint density at radius 2 is 2.64 bits per heavy atom. The Morgan fingerprint density at radius 3 is 3.18 bits per heavy atom. The van der Waals surface area contributed by atoms with Crippen LogP contribution in [0, 0.1) is 11.8 Å². The van der Waals surface area contributed by atoms with Gasteiger partial charge < -0.3 is 4.74 Å². The molecule has 1 rings (SSSR count). The lowest BCUT2D eigenvalue weighted by molar-refractivity contribution is -0.133. The molecule has 0 atom stereocenters. The molecule has 0 spiro atoms. The lowest BCUT2D eigenvalue weighted by Gasteiger charge is -1.82. The van der Waals surface area contributed by atoms with Gasteiger partial charge in [-0.25, -0.2) is 4.79 Å². The zero-order valence-electron chi connectivity index (χ0n) is 5.83. The van der Waals surface area contributed by atoms with E-state index in [4.69, 9.17) is 0 Å². The molecule has 0 aliphatic carbocycles. The van der Waals surface area contributed by atoms with E-state index in [2.05, 4.69) is 21.6 Å². The van der Waals surface area contributed by atoms with Crippen LogP contribution in [0.2, 0.25) is 0 Å². The first kappa shape index (κ1) is 7.76. The van der Waals surface area contributed by atoms with E-state index in [9.17, 15) is 4.79 Å². The molecule has 0 N–H and O–H groups in total. The van der Waals surface area contributed by atoms with Crippen molar-refractivity contribution in [3.8, 4) is 11.8 Å². The molecule has 11 heavy (non-hydrogen) atoms. The van der Waals surface area contributed by atoms with E-state index in [1.165, 1.54) is 18.4 Å². The maximum Gasteiger partial charge on any atom is 0.384 e.